The Morgan fingerprint density at radius 3 is 2.93 bits per heavy atom. The minimum Gasteiger partial charge on any atom is -0.465 e. The molecule has 5 heteroatoms. The summed E-state index contributed by atoms with van der Waals surface area (Å²) in [5.74, 6) is -0.326. The normalized spacial score (nSPS) is 10.3. The van der Waals surface area contributed by atoms with Crippen molar-refractivity contribution in [2.24, 2.45) is 0 Å². The zero-order valence-corrected chi connectivity index (χ0v) is 9.25. The van der Waals surface area contributed by atoms with Crippen molar-refractivity contribution in [1.82, 2.24) is 9.78 Å². The molecular formula is C10H10N2O2S. The van der Waals surface area contributed by atoms with E-state index in [1.165, 1.54) is 18.4 Å². The number of esters is 1. The lowest BCUT2D eigenvalue weighted by Crippen LogP contribution is -2.04. The third-order valence-electron chi connectivity index (χ3n) is 1.98. The van der Waals surface area contributed by atoms with Gasteiger partial charge in [0.25, 0.3) is 0 Å². The van der Waals surface area contributed by atoms with Crippen molar-refractivity contribution in [1.29, 1.82) is 0 Å². The van der Waals surface area contributed by atoms with Gasteiger partial charge >= 0.3 is 5.97 Å². The number of hydrogen-bond donors (Lipinski definition) is 0. The molecule has 0 saturated carbocycles. The van der Waals surface area contributed by atoms with E-state index in [2.05, 4.69) is 5.10 Å². The van der Waals surface area contributed by atoms with Crippen molar-refractivity contribution in [2.75, 3.05) is 7.11 Å². The Balaban J connectivity index is 2.45. The van der Waals surface area contributed by atoms with Crippen LogP contribution in [0.3, 0.4) is 0 Å². The van der Waals surface area contributed by atoms with Crippen LogP contribution in [0.25, 0.3) is 5.69 Å². The third kappa shape index (κ3) is 1.78. The number of aromatic nitrogens is 2. The summed E-state index contributed by atoms with van der Waals surface area (Å²) in [4.78, 5) is 12.0. The van der Waals surface area contributed by atoms with E-state index in [1.54, 1.807) is 4.68 Å². The fourth-order valence-electron chi connectivity index (χ4n) is 1.28. The van der Waals surface area contributed by atoms with Gasteiger partial charge in [-0.05, 0) is 24.4 Å². The molecule has 0 amide bonds. The molecule has 0 N–H and O–H groups in total. The molecule has 2 aromatic heterocycles. The maximum absolute atomic E-state index is 11.4. The van der Waals surface area contributed by atoms with Crippen molar-refractivity contribution in [3.63, 3.8) is 0 Å². The highest BCUT2D eigenvalue weighted by Crippen LogP contribution is 2.21. The molecule has 2 rings (SSSR count). The van der Waals surface area contributed by atoms with Gasteiger partial charge in [-0.25, -0.2) is 9.48 Å². The van der Waals surface area contributed by atoms with Gasteiger partial charge in [0, 0.05) is 6.20 Å². The highest BCUT2D eigenvalue weighted by atomic mass is 32.1. The first-order chi connectivity index (χ1) is 7.22. The first-order valence-corrected chi connectivity index (χ1v) is 5.29. The lowest BCUT2D eigenvalue weighted by atomic mass is 10.4. The zero-order valence-electron chi connectivity index (χ0n) is 8.43. The second kappa shape index (κ2) is 3.86. The smallest absolute Gasteiger partial charge is 0.350 e. The van der Waals surface area contributed by atoms with Crippen LogP contribution in [0.1, 0.15) is 15.4 Å². The summed E-state index contributed by atoms with van der Waals surface area (Å²) >= 11 is 1.35. The van der Waals surface area contributed by atoms with Crippen molar-refractivity contribution < 1.29 is 9.53 Å². The van der Waals surface area contributed by atoms with Crippen molar-refractivity contribution in [3.8, 4) is 5.69 Å². The first-order valence-electron chi connectivity index (χ1n) is 4.41. The Labute approximate surface area is 91.1 Å². The second-order valence-electron chi connectivity index (χ2n) is 3.03. The number of nitrogens with zero attached hydrogens (tertiary/aromatic N) is 2. The van der Waals surface area contributed by atoms with E-state index < -0.39 is 0 Å². The molecule has 0 atom stereocenters. The predicted octanol–water partition coefficient (Wildman–Crippen LogP) is 2.03. The minimum absolute atomic E-state index is 0.326. The van der Waals surface area contributed by atoms with Crippen LogP contribution in [0.4, 0.5) is 0 Å². The maximum atomic E-state index is 11.4. The molecule has 0 bridgehead atoms. The molecule has 0 spiro atoms. The van der Waals surface area contributed by atoms with E-state index in [0.717, 1.165) is 11.4 Å². The van der Waals surface area contributed by atoms with Crippen molar-refractivity contribution in [3.05, 3.63) is 34.3 Å². The number of hydrogen-bond acceptors (Lipinski definition) is 4. The second-order valence-corrected chi connectivity index (χ2v) is 3.94. The summed E-state index contributed by atoms with van der Waals surface area (Å²) in [6, 6.07) is 3.74. The third-order valence-corrected chi connectivity index (χ3v) is 2.87. The number of methoxy groups -OCH3 is 1. The van der Waals surface area contributed by atoms with Gasteiger partial charge in [-0.15, -0.1) is 11.3 Å². The average molecular weight is 222 g/mol. The van der Waals surface area contributed by atoms with Crippen LogP contribution in [0, 0.1) is 6.92 Å². The lowest BCUT2D eigenvalue weighted by molar-refractivity contribution is 0.0606. The van der Waals surface area contributed by atoms with Crippen LogP contribution in [0.15, 0.2) is 23.7 Å². The van der Waals surface area contributed by atoms with E-state index in [4.69, 9.17) is 4.74 Å². The molecule has 0 radical (unpaired) electrons. The van der Waals surface area contributed by atoms with Crippen LogP contribution in [-0.4, -0.2) is 22.9 Å². The number of rotatable bonds is 2. The maximum Gasteiger partial charge on any atom is 0.350 e. The van der Waals surface area contributed by atoms with Gasteiger partial charge in [0.15, 0.2) is 0 Å². The van der Waals surface area contributed by atoms with Gasteiger partial charge in [-0.1, -0.05) is 0 Å². The lowest BCUT2D eigenvalue weighted by Gasteiger charge is -2.01. The quantitative estimate of drug-likeness (QED) is 0.730. The predicted molar refractivity (Wildman–Crippen MR) is 57.5 cm³/mol. The molecular weight excluding hydrogens is 212 g/mol. The molecule has 0 aliphatic rings. The summed E-state index contributed by atoms with van der Waals surface area (Å²) in [6.45, 7) is 1.90. The summed E-state index contributed by atoms with van der Waals surface area (Å²) in [5, 5.41) is 6.09. The average Bonchev–Trinajstić information content (AvgIpc) is 2.84. The van der Waals surface area contributed by atoms with E-state index in [-0.39, 0.29) is 5.97 Å². The molecule has 0 aliphatic heterocycles. The van der Waals surface area contributed by atoms with Crippen molar-refractivity contribution >= 4 is 17.3 Å². The van der Waals surface area contributed by atoms with Gasteiger partial charge in [0.1, 0.15) is 4.88 Å². The van der Waals surface area contributed by atoms with Crippen LogP contribution >= 0.6 is 11.3 Å². The molecule has 4 nitrogen and oxygen atoms in total. The highest BCUT2D eigenvalue weighted by molar-refractivity contribution is 7.12. The minimum atomic E-state index is -0.326. The summed E-state index contributed by atoms with van der Waals surface area (Å²) in [6.07, 6.45) is 1.82. The van der Waals surface area contributed by atoms with Gasteiger partial charge in [0.05, 0.1) is 18.5 Å². The van der Waals surface area contributed by atoms with Crippen LogP contribution in [-0.2, 0) is 4.74 Å². The molecule has 0 unspecified atom stereocenters. The Morgan fingerprint density at radius 1 is 1.53 bits per heavy atom. The fraction of sp³-hybridized carbons (Fsp3) is 0.200. The molecule has 0 saturated heterocycles. The number of thiophene rings is 1. The van der Waals surface area contributed by atoms with Crippen LogP contribution in [0.2, 0.25) is 0 Å². The first kappa shape index (κ1) is 9.92. The van der Waals surface area contributed by atoms with Gasteiger partial charge in [-0.3, -0.25) is 0 Å². The van der Waals surface area contributed by atoms with E-state index >= 15 is 0 Å². The topological polar surface area (TPSA) is 44.1 Å². The molecule has 2 heterocycles. The number of carbonyl (C=O) groups is 1. The van der Waals surface area contributed by atoms with E-state index in [9.17, 15) is 4.79 Å². The summed E-state index contributed by atoms with van der Waals surface area (Å²) < 4.78 is 6.37. The zero-order chi connectivity index (χ0) is 10.8. The fourth-order valence-corrected chi connectivity index (χ4v) is 2.07. The van der Waals surface area contributed by atoms with Gasteiger partial charge in [0.2, 0.25) is 0 Å². The van der Waals surface area contributed by atoms with E-state index in [0.29, 0.717) is 4.88 Å². The number of aryl methyl sites for hydroxylation is 1. The van der Waals surface area contributed by atoms with Gasteiger partial charge < -0.3 is 4.74 Å². The summed E-state index contributed by atoms with van der Waals surface area (Å²) in [5.41, 5.74) is 1.68. The monoisotopic (exact) mass is 222 g/mol. The molecule has 0 aromatic carbocycles. The largest absolute Gasteiger partial charge is 0.465 e. The van der Waals surface area contributed by atoms with Crippen LogP contribution in [0.5, 0.6) is 0 Å². The Hall–Kier alpha value is -1.62. The Kier molecular flexibility index (Phi) is 2.55. The standard InChI is InChI=1S/C10H10N2O2S/c1-7-3-5-12(11-7)8-4-6-15-9(8)10(13)14-2/h3-6H,1-2H3. The highest BCUT2D eigenvalue weighted by Gasteiger charge is 2.15. The van der Waals surface area contributed by atoms with E-state index in [1.807, 2.05) is 30.6 Å². The van der Waals surface area contributed by atoms with Crippen LogP contribution < -0.4 is 0 Å². The Morgan fingerprint density at radius 2 is 2.33 bits per heavy atom. The Bertz CT molecular complexity index is 487. The number of carbonyl (C=O) groups excluding carboxylic acids is 1. The summed E-state index contributed by atoms with van der Waals surface area (Å²) in [7, 11) is 1.38. The number of ether oxygens (including phenoxy) is 1. The molecule has 78 valence electrons. The molecule has 15 heavy (non-hydrogen) atoms. The SMILES string of the molecule is COC(=O)c1sccc1-n1ccc(C)n1. The molecule has 0 fully saturated rings. The molecule has 0 aliphatic carbocycles. The van der Waals surface area contributed by atoms with Crippen molar-refractivity contribution in [2.45, 2.75) is 6.92 Å². The molecule has 2 aromatic rings. The van der Waals surface area contributed by atoms with Gasteiger partial charge in [-0.2, -0.15) is 5.10 Å².